The Bertz CT molecular complexity index is 2550. The smallest absolute Gasteiger partial charge is 0.272 e. The minimum Gasteiger partial charge on any atom is -0.392 e. The second-order valence-corrected chi connectivity index (χ2v) is 16.4. The maximum absolute atomic E-state index is 13.2. The van der Waals surface area contributed by atoms with Crippen LogP contribution in [0, 0.1) is 11.8 Å². The van der Waals surface area contributed by atoms with Gasteiger partial charge in [0.25, 0.3) is 23.6 Å². The lowest BCUT2D eigenvalue weighted by Gasteiger charge is -2.21. The van der Waals surface area contributed by atoms with Gasteiger partial charge in [-0.15, -0.1) is 0 Å². The van der Waals surface area contributed by atoms with E-state index in [2.05, 4.69) is 31.2 Å². The number of anilines is 2. The Labute approximate surface area is 368 Å². The van der Waals surface area contributed by atoms with Crippen molar-refractivity contribution >= 4 is 56.5 Å². The van der Waals surface area contributed by atoms with Gasteiger partial charge in [0.1, 0.15) is 0 Å². The zero-order valence-corrected chi connectivity index (χ0v) is 35.8. The number of aromatic nitrogens is 2. The summed E-state index contributed by atoms with van der Waals surface area (Å²) < 4.78 is 5.29. The van der Waals surface area contributed by atoms with E-state index in [-0.39, 0.29) is 41.6 Å². The first-order chi connectivity index (χ1) is 30.8. The summed E-state index contributed by atoms with van der Waals surface area (Å²) in [7, 11) is 1.65. The Morgan fingerprint density at radius 2 is 0.968 bits per heavy atom. The quantitative estimate of drug-likeness (QED) is 0.0766. The minimum atomic E-state index is -0.324. The lowest BCUT2D eigenvalue weighted by Crippen LogP contribution is -2.31. The molecule has 326 valence electrons. The van der Waals surface area contributed by atoms with Crippen molar-refractivity contribution in [2.45, 2.75) is 77.4 Å². The normalized spacial score (nSPS) is 14.3. The van der Waals surface area contributed by atoms with Crippen molar-refractivity contribution in [1.29, 1.82) is 0 Å². The maximum atomic E-state index is 13.2. The van der Waals surface area contributed by atoms with Gasteiger partial charge < -0.3 is 31.1 Å². The molecule has 12 nitrogen and oxygen atoms in total. The molecule has 2 aromatic heterocycles. The van der Waals surface area contributed by atoms with Crippen LogP contribution in [0.5, 0.6) is 0 Å². The second kappa shape index (κ2) is 22.0. The molecule has 8 rings (SSSR count). The van der Waals surface area contributed by atoms with E-state index in [4.69, 9.17) is 4.74 Å². The Balaban J connectivity index is 0.000000189. The van der Waals surface area contributed by atoms with Crippen LogP contribution < -0.4 is 21.3 Å². The summed E-state index contributed by atoms with van der Waals surface area (Å²) in [6.07, 6.45) is 15.1. The molecule has 0 atom stereocenters. The van der Waals surface area contributed by atoms with Gasteiger partial charge in [-0.3, -0.25) is 19.2 Å². The molecule has 4 aromatic carbocycles. The number of ether oxygens (including phenoxy) is 1. The highest BCUT2D eigenvalue weighted by atomic mass is 16.5. The van der Waals surface area contributed by atoms with Crippen LogP contribution in [0.4, 0.5) is 11.4 Å². The van der Waals surface area contributed by atoms with E-state index in [1.807, 2.05) is 54.6 Å². The molecule has 0 aliphatic heterocycles. The van der Waals surface area contributed by atoms with Gasteiger partial charge in [-0.25, -0.2) is 9.97 Å². The third-order valence-electron chi connectivity index (χ3n) is 12.1. The predicted molar refractivity (Wildman–Crippen MR) is 247 cm³/mol. The highest BCUT2D eigenvalue weighted by Gasteiger charge is 2.22. The molecule has 0 radical (unpaired) electrons. The van der Waals surface area contributed by atoms with Crippen LogP contribution in [0.25, 0.3) is 21.5 Å². The number of benzene rings is 4. The van der Waals surface area contributed by atoms with Crippen molar-refractivity contribution in [1.82, 2.24) is 20.6 Å². The lowest BCUT2D eigenvalue weighted by molar-refractivity contribution is 0.0930. The molecule has 0 bridgehead atoms. The number of amides is 4. The topological polar surface area (TPSA) is 172 Å². The minimum absolute atomic E-state index is 0.101. The molecule has 4 amide bonds. The van der Waals surface area contributed by atoms with Crippen molar-refractivity contribution in [3.63, 3.8) is 0 Å². The number of hydrogen-bond acceptors (Lipinski definition) is 8. The Kier molecular flexibility index (Phi) is 15.6. The molecule has 2 aliphatic rings. The molecule has 0 unspecified atom stereocenters. The second-order valence-electron chi connectivity index (χ2n) is 16.4. The summed E-state index contributed by atoms with van der Waals surface area (Å²) in [5.74, 6) is -0.106. The van der Waals surface area contributed by atoms with Crippen LogP contribution in [0.2, 0.25) is 0 Å². The monoisotopic (exact) mass is 848 g/mol. The summed E-state index contributed by atoms with van der Waals surface area (Å²) in [5.41, 5.74) is 4.02. The van der Waals surface area contributed by atoms with Gasteiger partial charge in [0, 0.05) is 43.7 Å². The van der Waals surface area contributed by atoms with Gasteiger partial charge in [-0.1, -0.05) is 99.2 Å². The van der Waals surface area contributed by atoms with Gasteiger partial charge in [0.15, 0.2) is 11.4 Å². The first-order valence-electron chi connectivity index (χ1n) is 22.0. The number of carbonyl (C=O) groups excluding carboxylic acids is 4. The highest BCUT2D eigenvalue weighted by Crippen LogP contribution is 2.28. The Hall–Kier alpha value is -6.50. The molecule has 0 spiro atoms. The predicted octanol–water partition coefficient (Wildman–Crippen LogP) is 9.23. The van der Waals surface area contributed by atoms with Crippen LogP contribution in [0.1, 0.15) is 117 Å². The largest absolute Gasteiger partial charge is 0.392 e. The van der Waals surface area contributed by atoms with Crippen LogP contribution in [0.3, 0.4) is 0 Å². The first-order valence-corrected chi connectivity index (χ1v) is 22.0. The van der Waals surface area contributed by atoms with E-state index in [9.17, 15) is 24.3 Å². The van der Waals surface area contributed by atoms with Crippen molar-refractivity contribution in [2.24, 2.45) is 11.8 Å². The van der Waals surface area contributed by atoms with Gasteiger partial charge in [-0.05, 0) is 107 Å². The number of nitrogens with zero attached hydrogens (tertiary/aromatic N) is 2. The van der Waals surface area contributed by atoms with E-state index in [0.717, 1.165) is 58.4 Å². The molecule has 2 fully saturated rings. The number of rotatable bonds is 13. The zero-order chi connectivity index (χ0) is 44.0. The molecule has 2 saturated carbocycles. The van der Waals surface area contributed by atoms with E-state index in [0.29, 0.717) is 54.0 Å². The number of aliphatic hydroxyl groups is 1. The molecule has 2 aliphatic carbocycles. The van der Waals surface area contributed by atoms with Gasteiger partial charge >= 0.3 is 0 Å². The van der Waals surface area contributed by atoms with Crippen molar-refractivity contribution in [2.75, 3.05) is 30.8 Å². The number of nitrogens with one attached hydrogen (secondary N) is 4. The molecular formula is C51H56N6O6. The average Bonchev–Trinajstić information content (AvgIpc) is 3.33. The number of carbonyl (C=O) groups is 4. The maximum Gasteiger partial charge on any atom is 0.272 e. The van der Waals surface area contributed by atoms with Crippen LogP contribution in [0.15, 0.2) is 109 Å². The summed E-state index contributed by atoms with van der Waals surface area (Å²) in [6, 6.07) is 29.2. The number of methoxy groups -OCH3 is 1. The molecule has 0 saturated heterocycles. The number of pyridine rings is 2. The molecule has 12 heteroatoms. The van der Waals surface area contributed by atoms with Crippen LogP contribution in [-0.4, -0.2) is 58.9 Å². The van der Waals surface area contributed by atoms with Crippen molar-refractivity contribution < 1.29 is 29.0 Å². The Morgan fingerprint density at radius 3 is 1.41 bits per heavy atom. The third kappa shape index (κ3) is 11.3. The van der Waals surface area contributed by atoms with E-state index < -0.39 is 0 Å². The lowest BCUT2D eigenvalue weighted by atomic mass is 9.89. The summed E-state index contributed by atoms with van der Waals surface area (Å²) in [5, 5.41) is 24.7. The standard InChI is InChI=1S/C26H29N3O3.C25H27N3O3/c1-32-17-19-13-14-22(21-11-6-5-10-20(19)21)25(30)29-23-12-7-15-27-24(23)26(31)28-16-18-8-3-2-4-9-18;29-16-18-12-13-21(20-10-5-4-9-19(18)20)24(30)28-22-11-6-14-26-23(22)25(31)27-15-17-7-2-1-3-8-17/h5-7,10-15,18H,2-4,8-9,16-17H2,1H3,(H,28,31)(H,29,30);4-6,9-14,17,29H,1-3,7-8,15-16H2,(H,27,31)(H,28,30). The fourth-order valence-electron chi connectivity index (χ4n) is 8.72. The molecule has 6 aromatic rings. The Morgan fingerprint density at radius 1 is 0.540 bits per heavy atom. The van der Waals surface area contributed by atoms with Crippen LogP contribution >= 0.6 is 0 Å². The average molecular weight is 849 g/mol. The van der Waals surface area contributed by atoms with Crippen molar-refractivity contribution in [3.8, 4) is 0 Å². The molecule has 2 heterocycles. The third-order valence-corrected chi connectivity index (χ3v) is 12.1. The molecule has 5 N–H and O–H groups in total. The molecular weight excluding hydrogens is 793 g/mol. The number of hydrogen-bond donors (Lipinski definition) is 5. The summed E-state index contributed by atoms with van der Waals surface area (Å²) in [6.45, 7) is 1.65. The fourth-order valence-corrected chi connectivity index (χ4v) is 8.72. The zero-order valence-electron chi connectivity index (χ0n) is 35.8. The fraction of sp³-hybridized carbons (Fsp3) is 0.333. The highest BCUT2D eigenvalue weighted by molar-refractivity contribution is 6.16. The van der Waals surface area contributed by atoms with E-state index in [1.54, 1.807) is 62.0 Å². The van der Waals surface area contributed by atoms with Crippen molar-refractivity contribution in [3.05, 3.63) is 143 Å². The van der Waals surface area contributed by atoms with Gasteiger partial charge in [0.2, 0.25) is 0 Å². The summed E-state index contributed by atoms with van der Waals surface area (Å²) in [4.78, 5) is 60.3. The SMILES string of the molecule is COCc1ccc(C(=O)Nc2cccnc2C(=O)NCC2CCCCC2)c2ccccc12.O=C(NCC1CCCCC1)c1ncccc1NC(=O)c1ccc(CO)c2ccccc12. The van der Waals surface area contributed by atoms with Gasteiger partial charge in [-0.2, -0.15) is 0 Å². The van der Waals surface area contributed by atoms with Crippen LogP contribution in [-0.2, 0) is 18.0 Å². The first kappa shape index (κ1) is 44.6. The number of fused-ring (bicyclic) bond motifs is 2. The summed E-state index contributed by atoms with van der Waals surface area (Å²) >= 11 is 0. The van der Waals surface area contributed by atoms with Gasteiger partial charge in [0.05, 0.1) is 24.6 Å². The van der Waals surface area contributed by atoms with E-state index in [1.165, 1.54) is 38.5 Å². The van der Waals surface area contributed by atoms with E-state index >= 15 is 0 Å². The number of aliphatic hydroxyl groups excluding tert-OH is 1. The molecule has 63 heavy (non-hydrogen) atoms.